The molecule has 1 aliphatic heterocycles. The molecule has 3 atom stereocenters. The first-order chi connectivity index (χ1) is 15.4. The molecule has 2 fully saturated rings. The Kier molecular flexibility index (Phi) is 5.47. The molecule has 2 heterocycles. The number of nitrogens with zero attached hydrogens (tertiary/aromatic N) is 3. The lowest BCUT2D eigenvalue weighted by Crippen LogP contribution is -2.65. The fraction of sp³-hybridized carbons (Fsp3) is 0.421. The number of halogens is 4. The monoisotopic (exact) mass is 488 g/mol. The number of aliphatic hydroxyl groups is 1. The molecular formula is C19H20F4N6O3S. The molecule has 9 nitrogen and oxygen atoms in total. The van der Waals surface area contributed by atoms with E-state index in [2.05, 4.69) is 20.6 Å². The lowest BCUT2D eigenvalue weighted by Gasteiger charge is -2.45. The van der Waals surface area contributed by atoms with Gasteiger partial charge in [-0.25, -0.2) is 22.1 Å². The second kappa shape index (κ2) is 7.80. The summed E-state index contributed by atoms with van der Waals surface area (Å²) < 4.78 is 79.6. The van der Waals surface area contributed by atoms with Gasteiger partial charge in [0.25, 0.3) is 0 Å². The highest BCUT2D eigenvalue weighted by molar-refractivity contribution is 7.90. The van der Waals surface area contributed by atoms with Gasteiger partial charge in [0.2, 0.25) is 16.0 Å². The highest BCUT2D eigenvalue weighted by Gasteiger charge is 2.57. The van der Waals surface area contributed by atoms with E-state index in [1.165, 1.54) is 19.2 Å². The fourth-order valence-corrected chi connectivity index (χ4v) is 6.28. The predicted molar refractivity (Wildman–Crippen MR) is 109 cm³/mol. The third kappa shape index (κ3) is 3.86. The van der Waals surface area contributed by atoms with Crippen molar-refractivity contribution in [1.82, 2.24) is 19.6 Å². The normalized spacial score (nSPS) is 25.3. The first-order valence-corrected chi connectivity index (χ1v) is 11.3. The van der Waals surface area contributed by atoms with Crippen LogP contribution in [0.3, 0.4) is 0 Å². The van der Waals surface area contributed by atoms with Crippen molar-refractivity contribution < 1.29 is 31.1 Å². The molecule has 4 rings (SSSR count). The summed E-state index contributed by atoms with van der Waals surface area (Å²) in [5.41, 5.74) is -2.62. The number of guanidine groups is 1. The van der Waals surface area contributed by atoms with Crippen molar-refractivity contribution in [3.05, 3.63) is 53.4 Å². The van der Waals surface area contributed by atoms with Gasteiger partial charge in [0.05, 0.1) is 17.9 Å². The molecule has 0 spiro atoms. The zero-order valence-electron chi connectivity index (χ0n) is 17.2. The standard InChI is InChI=1S/C19H20F4N6O3S/c1-29-17(24)28-18(6-2-3-15(18)33(29,31)32)11-7-10(4-5-12(11)20)27-16(30)13-8-26-14(9-25-13)19(21,22)23/h4-5,7-9,15-16,27,30H,2-3,6H2,1H3,(H2,24,28)/t15-,16?,18-/m1/s1. The van der Waals surface area contributed by atoms with Gasteiger partial charge in [-0.15, -0.1) is 0 Å². The number of rotatable bonds is 4. The molecule has 1 aliphatic carbocycles. The van der Waals surface area contributed by atoms with Crippen LogP contribution in [0.5, 0.6) is 0 Å². The van der Waals surface area contributed by atoms with Crippen LogP contribution in [0.4, 0.5) is 23.2 Å². The SMILES string of the molecule is CN1C(=N)N[C@@]2(c3cc(NC(O)c4cnc(C(F)(F)F)cn4)ccc3F)CCC[C@H]2S1(=O)=O. The minimum absolute atomic E-state index is 0.00197. The predicted octanol–water partition coefficient (Wildman–Crippen LogP) is 2.28. The van der Waals surface area contributed by atoms with Crippen LogP contribution in [0.25, 0.3) is 0 Å². The Morgan fingerprint density at radius 3 is 2.70 bits per heavy atom. The summed E-state index contributed by atoms with van der Waals surface area (Å²) in [5.74, 6) is -1.08. The Hall–Kier alpha value is -3.00. The zero-order valence-corrected chi connectivity index (χ0v) is 18.0. The zero-order chi connectivity index (χ0) is 24.2. The molecule has 0 bridgehead atoms. The number of nitrogens with one attached hydrogen (secondary N) is 3. The first-order valence-electron chi connectivity index (χ1n) is 9.84. The average Bonchev–Trinajstić information content (AvgIpc) is 3.19. The van der Waals surface area contributed by atoms with Crippen molar-refractivity contribution in [2.75, 3.05) is 12.4 Å². The van der Waals surface area contributed by atoms with Crippen LogP contribution in [-0.2, 0) is 21.7 Å². The quantitative estimate of drug-likeness (QED) is 0.384. The number of fused-ring (bicyclic) bond motifs is 1. The molecule has 1 unspecified atom stereocenters. The van der Waals surface area contributed by atoms with Gasteiger partial charge >= 0.3 is 6.18 Å². The highest BCUT2D eigenvalue weighted by Crippen LogP contribution is 2.47. The molecule has 1 aromatic carbocycles. The minimum atomic E-state index is -4.68. The van der Waals surface area contributed by atoms with Crippen molar-refractivity contribution in [3.8, 4) is 0 Å². The number of anilines is 1. The van der Waals surface area contributed by atoms with Crippen molar-refractivity contribution in [1.29, 1.82) is 5.41 Å². The van der Waals surface area contributed by atoms with Crippen LogP contribution in [0.15, 0.2) is 30.6 Å². The Morgan fingerprint density at radius 2 is 2.06 bits per heavy atom. The molecule has 178 valence electrons. The largest absolute Gasteiger partial charge is 0.434 e. The molecule has 1 aromatic heterocycles. The lowest BCUT2D eigenvalue weighted by molar-refractivity contribution is -0.141. The second-order valence-corrected chi connectivity index (χ2v) is 10.1. The number of sulfonamides is 1. The summed E-state index contributed by atoms with van der Waals surface area (Å²) >= 11 is 0. The van der Waals surface area contributed by atoms with Gasteiger partial charge in [-0.05, 0) is 37.5 Å². The number of hydrogen-bond donors (Lipinski definition) is 4. The summed E-state index contributed by atoms with van der Waals surface area (Å²) in [6, 6.07) is 3.69. The van der Waals surface area contributed by atoms with E-state index in [1.54, 1.807) is 0 Å². The van der Waals surface area contributed by atoms with E-state index in [1.807, 2.05) is 0 Å². The average molecular weight is 488 g/mol. The maximum absolute atomic E-state index is 14.9. The van der Waals surface area contributed by atoms with E-state index in [9.17, 15) is 31.1 Å². The van der Waals surface area contributed by atoms with E-state index < -0.39 is 44.7 Å². The molecule has 0 amide bonds. The summed E-state index contributed by atoms with van der Waals surface area (Å²) in [4.78, 5) is 6.81. The highest BCUT2D eigenvalue weighted by atomic mass is 32.2. The van der Waals surface area contributed by atoms with Crippen molar-refractivity contribution in [2.45, 2.75) is 42.5 Å². The number of hydrogen-bond acceptors (Lipinski definition) is 7. The molecule has 33 heavy (non-hydrogen) atoms. The Labute approximate surface area is 186 Å². The second-order valence-electron chi connectivity index (χ2n) is 7.90. The van der Waals surface area contributed by atoms with Crippen LogP contribution in [0, 0.1) is 11.2 Å². The van der Waals surface area contributed by atoms with E-state index in [0.29, 0.717) is 12.6 Å². The van der Waals surface area contributed by atoms with Gasteiger partial charge < -0.3 is 15.7 Å². The molecule has 4 N–H and O–H groups in total. The van der Waals surface area contributed by atoms with Crippen LogP contribution < -0.4 is 10.6 Å². The number of alkyl halides is 3. The minimum Gasteiger partial charge on any atom is -0.368 e. The third-order valence-corrected chi connectivity index (χ3v) is 8.28. The number of aromatic nitrogens is 2. The van der Waals surface area contributed by atoms with Gasteiger partial charge in [-0.3, -0.25) is 10.4 Å². The molecular weight excluding hydrogens is 468 g/mol. The maximum Gasteiger partial charge on any atom is 0.434 e. The summed E-state index contributed by atoms with van der Waals surface area (Å²) in [6.45, 7) is 0. The van der Waals surface area contributed by atoms with Gasteiger partial charge in [-0.2, -0.15) is 13.2 Å². The first kappa shape index (κ1) is 23.2. The van der Waals surface area contributed by atoms with Crippen molar-refractivity contribution in [2.24, 2.45) is 0 Å². The number of aliphatic hydroxyl groups excluding tert-OH is 1. The molecule has 1 saturated heterocycles. The van der Waals surface area contributed by atoms with Gasteiger partial charge in [0.1, 0.15) is 16.8 Å². The van der Waals surface area contributed by atoms with E-state index >= 15 is 0 Å². The van der Waals surface area contributed by atoms with E-state index in [-0.39, 0.29) is 35.7 Å². The Balaban J connectivity index is 1.65. The summed E-state index contributed by atoms with van der Waals surface area (Å²) in [5, 5.41) is 22.9. The number of benzene rings is 1. The van der Waals surface area contributed by atoms with Crippen LogP contribution in [-0.4, -0.2) is 46.1 Å². The third-order valence-electron chi connectivity index (χ3n) is 5.98. The molecule has 14 heteroatoms. The maximum atomic E-state index is 14.9. The van der Waals surface area contributed by atoms with Gasteiger partial charge in [0, 0.05) is 18.3 Å². The topological polar surface area (TPSA) is 131 Å². The van der Waals surface area contributed by atoms with Crippen LogP contribution >= 0.6 is 0 Å². The van der Waals surface area contributed by atoms with E-state index in [4.69, 9.17) is 5.41 Å². The Bertz CT molecular complexity index is 1190. The van der Waals surface area contributed by atoms with E-state index in [0.717, 1.165) is 16.6 Å². The Morgan fingerprint density at radius 1 is 1.33 bits per heavy atom. The van der Waals surface area contributed by atoms with Crippen molar-refractivity contribution in [3.63, 3.8) is 0 Å². The molecule has 0 radical (unpaired) electrons. The molecule has 2 aliphatic rings. The summed E-state index contributed by atoms with van der Waals surface area (Å²) in [7, 11) is -2.65. The van der Waals surface area contributed by atoms with Gasteiger partial charge in [-0.1, -0.05) is 0 Å². The van der Waals surface area contributed by atoms with Crippen molar-refractivity contribution >= 4 is 21.7 Å². The van der Waals surface area contributed by atoms with Crippen LogP contribution in [0.1, 0.15) is 42.4 Å². The summed E-state index contributed by atoms with van der Waals surface area (Å²) in [6.07, 6.45) is -3.97. The van der Waals surface area contributed by atoms with Crippen LogP contribution in [0.2, 0.25) is 0 Å². The fourth-order valence-electron chi connectivity index (χ4n) is 4.32. The molecule has 2 aromatic rings. The molecule has 1 saturated carbocycles. The lowest BCUT2D eigenvalue weighted by atomic mass is 9.86. The van der Waals surface area contributed by atoms with Gasteiger partial charge in [0.15, 0.2) is 11.9 Å². The smallest absolute Gasteiger partial charge is 0.368 e.